The number of hydrogen-bond donors (Lipinski definition) is 4. The molecule has 1 aromatic rings. The van der Waals surface area contributed by atoms with Crippen molar-refractivity contribution in [3.8, 4) is 5.75 Å². The number of aliphatic hydroxyl groups excluding tert-OH is 3. The van der Waals surface area contributed by atoms with Gasteiger partial charge < -0.3 is 39.6 Å². The molecule has 1 aliphatic rings. The van der Waals surface area contributed by atoms with Gasteiger partial charge in [0.2, 0.25) is 11.6 Å². The number of aliphatic hydroxyl groups is 3. The fraction of sp³-hybridized carbons (Fsp3) is 0.640. The van der Waals surface area contributed by atoms with E-state index in [0.29, 0.717) is 19.6 Å². The van der Waals surface area contributed by atoms with Gasteiger partial charge in [-0.25, -0.2) is 13.2 Å². The lowest BCUT2D eigenvalue weighted by Crippen LogP contribution is -2.50. The van der Waals surface area contributed by atoms with Gasteiger partial charge in [0.25, 0.3) is 0 Å². The van der Waals surface area contributed by atoms with Gasteiger partial charge in [0, 0.05) is 18.3 Å². The Bertz CT molecular complexity index is 957. The third-order valence-corrected chi connectivity index (χ3v) is 6.72. The number of carbonyl (C=O) groups excluding carboxylic acids is 1. The Morgan fingerprint density at radius 1 is 1.08 bits per heavy atom. The molecule has 1 saturated heterocycles. The summed E-state index contributed by atoms with van der Waals surface area (Å²) in [4.78, 5) is 11.8. The first-order valence-electron chi connectivity index (χ1n) is 12.6. The zero-order valence-electron chi connectivity index (χ0n) is 21.8. The number of nitrogens with one attached hydrogen (secondary N) is 1. The molecule has 1 fully saturated rings. The minimum atomic E-state index is -1.94. The third kappa shape index (κ3) is 9.93. The van der Waals surface area contributed by atoms with Crippen LogP contribution in [0.5, 0.6) is 5.75 Å². The standard InChI is InChI=1S/C25H36F4NO8P/c1-3-13(2)14(4-7-36-12-16-23(34)15(31)10-18(33)37-16)11-30-6-9-35-8-5-17(32)38-24-20(27)19(26)21(28)25(39)22(24)29/h11,13,15-16,18,23,30-31,33-34H,3-10,12,39H2,1-2H3/b14-11-. The molecule has 1 heterocycles. The van der Waals surface area contributed by atoms with Crippen molar-refractivity contribution < 1.29 is 56.6 Å². The number of carbonyl (C=O) groups is 1. The van der Waals surface area contributed by atoms with Crippen LogP contribution in [0, 0.1) is 29.2 Å². The van der Waals surface area contributed by atoms with E-state index in [1.165, 1.54) is 0 Å². The zero-order valence-corrected chi connectivity index (χ0v) is 23.0. The molecule has 39 heavy (non-hydrogen) atoms. The summed E-state index contributed by atoms with van der Waals surface area (Å²) in [6, 6.07) is 0. The summed E-state index contributed by atoms with van der Waals surface area (Å²) in [6.07, 6.45) is -1.34. The molecular formula is C25H36F4NO8P. The highest BCUT2D eigenvalue weighted by Gasteiger charge is 2.36. The molecule has 222 valence electrons. The molecule has 1 aromatic carbocycles. The number of benzene rings is 1. The quantitative estimate of drug-likeness (QED) is 0.0464. The molecule has 14 heteroatoms. The molecule has 0 saturated carbocycles. The number of rotatable bonds is 15. The first-order chi connectivity index (χ1) is 18.5. The Morgan fingerprint density at radius 2 is 1.77 bits per heavy atom. The van der Waals surface area contributed by atoms with Crippen molar-refractivity contribution >= 4 is 20.5 Å². The maximum Gasteiger partial charge on any atom is 0.313 e. The lowest BCUT2D eigenvalue weighted by atomic mass is 9.97. The second-order valence-corrected chi connectivity index (χ2v) is 9.64. The van der Waals surface area contributed by atoms with Crippen LogP contribution in [0.3, 0.4) is 0 Å². The van der Waals surface area contributed by atoms with E-state index < -0.39 is 64.9 Å². The Morgan fingerprint density at radius 3 is 2.46 bits per heavy atom. The van der Waals surface area contributed by atoms with E-state index in [4.69, 9.17) is 14.2 Å². The van der Waals surface area contributed by atoms with Crippen molar-refractivity contribution in [3.63, 3.8) is 0 Å². The fourth-order valence-corrected chi connectivity index (χ4v) is 3.92. The third-order valence-electron chi connectivity index (χ3n) is 6.21. The summed E-state index contributed by atoms with van der Waals surface area (Å²) in [5.74, 6) is -9.27. The second-order valence-electron chi connectivity index (χ2n) is 9.07. The Labute approximate surface area is 226 Å². The molecule has 0 bridgehead atoms. The van der Waals surface area contributed by atoms with Gasteiger partial charge in [-0.3, -0.25) is 4.79 Å². The summed E-state index contributed by atoms with van der Waals surface area (Å²) < 4.78 is 75.1. The van der Waals surface area contributed by atoms with Crippen molar-refractivity contribution in [2.24, 2.45) is 5.92 Å². The van der Waals surface area contributed by atoms with Gasteiger partial charge in [0.05, 0.1) is 39.0 Å². The number of hydrogen-bond acceptors (Lipinski definition) is 9. The molecule has 0 amide bonds. The van der Waals surface area contributed by atoms with Crippen molar-refractivity contribution in [1.82, 2.24) is 5.32 Å². The minimum Gasteiger partial charge on any atom is -0.420 e. The first-order valence-corrected chi connectivity index (χ1v) is 13.1. The highest BCUT2D eigenvalue weighted by atomic mass is 31.0. The second kappa shape index (κ2) is 16.4. The molecule has 0 aromatic heterocycles. The van der Waals surface area contributed by atoms with Crippen LogP contribution in [0.2, 0.25) is 0 Å². The lowest BCUT2D eigenvalue weighted by Gasteiger charge is -2.34. The van der Waals surface area contributed by atoms with E-state index in [-0.39, 0.29) is 38.6 Å². The maximum atomic E-state index is 13.9. The van der Waals surface area contributed by atoms with Gasteiger partial charge in [-0.05, 0) is 30.5 Å². The molecule has 6 unspecified atom stereocenters. The van der Waals surface area contributed by atoms with Crippen LogP contribution in [0.4, 0.5) is 17.6 Å². The minimum absolute atomic E-state index is 0.0146. The molecule has 0 spiro atoms. The van der Waals surface area contributed by atoms with Crippen molar-refractivity contribution in [2.45, 2.75) is 64.1 Å². The fourth-order valence-electron chi connectivity index (χ4n) is 3.66. The molecule has 6 atom stereocenters. The van der Waals surface area contributed by atoms with Crippen LogP contribution in [-0.2, 0) is 19.0 Å². The van der Waals surface area contributed by atoms with Crippen LogP contribution >= 0.6 is 9.24 Å². The predicted molar refractivity (Wildman–Crippen MR) is 135 cm³/mol. The van der Waals surface area contributed by atoms with E-state index in [1.54, 1.807) is 9.24 Å². The smallest absolute Gasteiger partial charge is 0.313 e. The van der Waals surface area contributed by atoms with Crippen LogP contribution in [0.15, 0.2) is 11.8 Å². The van der Waals surface area contributed by atoms with Gasteiger partial charge in [0.1, 0.15) is 12.2 Å². The van der Waals surface area contributed by atoms with Gasteiger partial charge in [-0.15, -0.1) is 0 Å². The van der Waals surface area contributed by atoms with Crippen LogP contribution < -0.4 is 15.4 Å². The van der Waals surface area contributed by atoms with Crippen molar-refractivity contribution in [1.29, 1.82) is 0 Å². The molecule has 1 aliphatic heterocycles. The largest absolute Gasteiger partial charge is 0.420 e. The van der Waals surface area contributed by atoms with Gasteiger partial charge >= 0.3 is 5.97 Å². The normalized spacial score (nSPS) is 22.6. The molecule has 9 nitrogen and oxygen atoms in total. The topological polar surface area (TPSA) is 127 Å². The van der Waals surface area contributed by atoms with E-state index in [1.807, 2.05) is 13.1 Å². The Hall–Kier alpha value is -1.86. The highest BCUT2D eigenvalue weighted by Crippen LogP contribution is 2.26. The number of esters is 1. The van der Waals surface area contributed by atoms with E-state index >= 15 is 0 Å². The van der Waals surface area contributed by atoms with Crippen molar-refractivity contribution in [2.75, 3.05) is 33.0 Å². The Kier molecular flexibility index (Phi) is 14.0. The predicted octanol–water partition coefficient (Wildman–Crippen LogP) is 1.81. The monoisotopic (exact) mass is 585 g/mol. The SMILES string of the molecule is CCC(C)/C(=C\NCCOCCC(=O)Oc1c(F)c(F)c(F)c(P)c1F)CCOCC1OC(O)CC(O)C1O. The highest BCUT2D eigenvalue weighted by molar-refractivity contribution is 7.27. The Balaban J connectivity index is 1.69. The maximum absolute atomic E-state index is 13.9. The average molecular weight is 586 g/mol. The molecule has 4 N–H and O–H groups in total. The van der Waals surface area contributed by atoms with Crippen LogP contribution in [0.25, 0.3) is 0 Å². The van der Waals surface area contributed by atoms with E-state index in [0.717, 1.165) is 12.0 Å². The number of ether oxygens (including phenoxy) is 4. The molecule has 2 rings (SSSR count). The van der Waals surface area contributed by atoms with Crippen LogP contribution in [-0.4, -0.2) is 78.9 Å². The molecule has 0 radical (unpaired) electrons. The summed E-state index contributed by atoms with van der Waals surface area (Å²) in [5, 5.41) is 31.5. The van der Waals surface area contributed by atoms with E-state index in [9.17, 15) is 37.7 Å². The summed E-state index contributed by atoms with van der Waals surface area (Å²) in [7, 11) is 1.58. The van der Waals surface area contributed by atoms with Gasteiger partial charge in [-0.1, -0.05) is 23.1 Å². The van der Waals surface area contributed by atoms with Crippen molar-refractivity contribution in [3.05, 3.63) is 35.0 Å². The summed E-state index contributed by atoms with van der Waals surface area (Å²) in [6.45, 7) is 4.88. The summed E-state index contributed by atoms with van der Waals surface area (Å²) >= 11 is 0. The number of halogens is 4. The van der Waals surface area contributed by atoms with Gasteiger partial charge in [0.15, 0.2) is 23.7 Å². The molecular weight excluding hydrogens is 549 g/mol. The average Bonchev–Trinajstić information content (AvgIpc) is 2.91. The molecule has 0 aliphatic carbocycles. The van der Waals surface area contributed by atoms with Crippen LogP contribution in [0.1, 0.15) is 39.5 Å². The first kappa shape index (κ1) is 33.3. The van der Waals surface area contributed by atoms with Gasteiger partial charge in [-0.2, -0.15) is 4.39 Å². The van der Waals surface area contributed by atoms with E-state index in [2.05, 4.69) is 17.0 Å². The lowest BCUT2D eigenvalue weighted by molar-refractivity contribution is -0.242. The zero-order chi connectivity index (χ0) is 29.1. The summed E-state index contributed by atoms with van der Waals surface area (Å²) in [5.41, 5.74) is 1.07.